The zero-order valence-electron chi connectivity index (χ0n) is 6.91. The van der Waals surface area contributed by atoms with Crippen LogP contribution in [0.4, 0.5) is 0 Å². The highest BCUT2D eigenvalue weighted by atomic mass is 16.5. The minimum absolute atomic E-state index is 0.351. The first-order valence-corrected chi connectivity index (χ1v) is 3.63. The number of esters is 1. The van der Waals surface area contributed by atoms with Gasteiger partial charge in [-0.3, -0.25) is 0 Å². The lowest BCUT2D eigenvalue weighted by atomic mass is 10.2. The fraction of sp³-hybridized carbons (Fsp3) is 0.625. The average molecular weight is 158 g/mol. The lowest BCUT2D eigenvalue weighted by Crippen LogP contribution is -2.02. The molecule has 0 aromatic heterocycles. The Bertz CT molecular complexity index is 140. The Morgan fingerprint density at radius 1 is 1.73 bits per heavy atom. The van der Waals surface area contributed by atoms with E-state index >= 15 is 0 Å². The van der Waals surface area contributed by atoms with Crippen molar-refractivity contribution in [2.24, 2.45) is 0 Å². The van der Waals surface area contributed by atoms with E-state index in [4.69, 9.17) is 5.11 Å². The van der Waals surface area contributed by atoms with Crippen molar-refractivity contribution in [3.63, 3.8) is 0 Å². The molecule has 0 radical (unpaired) electrons. The van der Waals surface area contributed by atoms with Crippen LogP contribution in [-0.4, -0.2) is 24.3 Å². The summed E-state index contributed by atoms with van der Waals surface area (Å²) >= 11 is 0. The molecule has 1 unspecified atom stereocenters. The summed E-state index contributed by atoms with van der Waals surface area (Å²) in [5, 5.41) is 9.04. The van der Waals surface area contributed by atoms with E-state index in [-0.39, 0.29) is 12.1 Å². The average Bonchev–Trinajstić information content (AvgIpc) is 2.04. The number of aliphatic hydroxyl groups excluding tert-OH is 1. The number of methoxy groups -OCH3 is 1. The van der Waals surface area contributed by atoms with Crippen molar-refractivity contribution in [2.45, 2.75) is 25.9 Å². The lowest BCUT2D eigenvalue weighted by Gasteiger charge is -2.00. The van der Waals surface area contributed by atoms with Gasteiger partial charge in [0.1, 0.15) is 0 Å². The number of aliphatic hydroxyl groups is 1. The van der Waals surface area contributed by atoms with Crippen molar-refractivity contribution in [3.05, 3.63) is 12.2 Å². The van der Waals surface area contributed by atoms with Crippen LogP contribution in [0.15, 0.2) is 12.2 Å². The second-order valence-corrected chi connectivity index (χ2v) is 2.22. The fourth-order valence-corrected chi connectivity index (χ4v) is 0.556. The number of rotatable bonds is 4. The normalized spacial score (nSPS) is 13.4. The molecule has 64 valence electrons. The van der Waals surface area contributed by atoms with Crippen LogP contribution in [0.3, 0.4) is 0 Å². The number of hydrogen-bond donors (Lipinski definition) is 1. The summed E-state index contributed by atoms with van der Waals surface area (Å²) in [6, 6.07) is 0. The predicted molar refractivity (Wildman–Crippen MR) is 42.1 cm³/mol. The molecule has 0 heterocycles. The van der Waals surface area contributed by atoms with Crippen LogP contribution < -0.4 is 0 Å². The van der Waals surface area contributed by atoms with Crippen molar-refractivity contribution in [3.8, 4) is 0 Å². The highest BCUT2D eigenvalue weighted by molar-refractivity contribution is 5.81. The topological polar surface area (TPSA) is 46.5 Å². The number of carbonyl (C=O) groups excluding carboxylic acids is 1. The van der Waals surface area contributed by atoms with Gasteiger partial charge in [0.25, 0.3) is 0 Å². The van der Waals surface area contributed by atoms with E-state index in [1.165, 1.54) is 13.2 Å². The summed E-state index contributed by atoms with van der Waals surface area (Å²) in [7, 11) is 1.32. The molecule has 11 heavy (non-hydrogen) atoms. The van der Waals surface area contributed by atoms with Crippen molar-refractivity contribution in [1.29, 1.82) is 0 Å². The Kier molecular flexibility index (Phi) is 5.47. The van der Waals surface area contributed by atoms with E-state index in [0.717, 1.165) is 0 Å². The van der Waals surface area contributed by atoms with Crippen LogP contribution in [0.2, 0.25) is 0 Å². The van der Waals surface area contributed by atoms with Crippen LogP contribution in [0, 0.1) is 0 Å². The predicted octanol–water partition coefficient (Wildman–Crippen LogP) is 0.877. The van der Waals surface area contributed by atoms with E-state index in [0.29, 0.717) is 12.8 Å². The molecular formula is C8H14O3. The molecule has 0 rings (SSSR count). The number of ether oxygens (including phenoxy) is 1. The molecule has 0 aliphatic rings. The van der Waals surface area contributed by atoms with Crippen LogP contribution >= 0.6 is 0 Å². The molecule has 0 saturated heterocycles. The van der Waals surface area contributed by atoms with Gasteiger partial charge in [-0.25, -0.2) is 4.79 Å². The Hall–Kier alpha value is -0.830. The first-order chi connectivity index (χ1) is 5.20. The molecule has 1 atom stereocenters. The summed E-state index contributed by atoms with van der Waals surface area (Å²) < 4.78 is 4.36. The quantitative estimate of drug-likeness (QED) is 0.488. The molecule has 0 bridgehead atoms. The maximum Gasteiger partial charge on any atom is 0.330 e. The molecule has 0 amide bonds. The highest BCUT2D eigenvalue weighted by Crippen LogP contribution is 1.97. The molecule has 0 aliphatic carbocycles. The van der Waals surface area contributed by atoms with Gasteiger partial charge in [-0.15, -0.1) is 0 Å². The molecule has 0 fully saturated rings. The molecule has 1 N–H and O–H groups in total. The van der Waals surface area contributed by atoms with Gasteiger partial charge < -0.3 is 9.84 Å². The third-order valence-corrected chi connectivity index (χ3v) is 1.33. The summed E-state index contributed by atoms with van der Waals surface area (Å²) in [4.78, 5) is 10.5. The second-order valence-electron chi connectivity index (χ2n) is 2.22. The zero-order chi connectivity index (χ0) is 8.69. The van der Waals surface area contributed by atoms with Gasteiger partial charge in [0.05, 0.1) is 13.2 Å². The molecule has 0 aromatic rings. The maximum atomic E-state index is 10.5. The highest BCUT2D eigenvalue weighted by Gasteiger charge is 1.96. The third-order valence-electron chi connectivity index (χ3n) is 1.33. The molecule has 0 spiro atoms. The third kappa shape index (κ3) is 5.61. The van der Waals surface area contributed by atoms with Gasteiger partial charge in [0, 0.05) is 6.08 Å². The first kappa shape index (κ1) is 10.2. The van der Waals surface area contributed by atoms with E-state index in [2.05, 4.69) is 4.74 Å². The molecule has 0 aliphatic heterocycles. The lowest BCUT2D eigenvalue weighted by molar-refractivity contribution is -0.134. The summed E-state index contributed by atoms with van der Waals surface area (Å²) in [6.45, 7) is 1.89. The van der Waals surface area contributed by atoms with Crippen molar-refractivity contribution < 1.29 is 14.6 Å². The van der Waals surface area contributed by atoms with Crippen LogP contribution in [-0.2, 0) is 9.53 Å². The van der Waals surface area contributed by atoms with Crippen molar-refractivity contribution >= 4 is 5.97 Å². The largest absolute Gasteiger partial charge is 0.466 e. The van der Waals surface area contributed by atoms with Crippen LogP contribution in [0.1, 0.15) is 19.8 Å². The minimum Gasteiger partial charge on any atom is -0.466 e. The van der Waals surface area contributed by atoms with Gasteiger partial charge >= 0.3 is 5.97 Å². The van der Waals surface area contributed by atoms with Crippen LogP contribution in [0.5, 0.6) is 0 Å². The van der Waals surface area contributed by atoms with Crippen LogP contribution in [0.25, 0.3) is 0 Å². The second kappa shape index (κ2) is 5.92. The summed E-state index contributed by atoms with van der Waals surface area (Å²) in [6.07, 6.45) is 3.78. The molecule has 3 nitrogen and oxygen atoms in total. The van der Waals surface area contributed by atoms with Gasteiger partial charge in [0.2, 0.25) is 0 Å². The van der Waals surface area contributed by atoms with Gasteiger partial charge in [0.15, 0.2) is 0 Å². The first-order valence-electron chi connectivity index (χ1n) is 3.63. The van der Waals surface area contributed by atoms with E-state index in [1.807, 2.05) is 6.92 Å². The molecule has 0 saturated carbocycles. The Labute approximate surface area is 66.7 Å². The number of hydrogen-bond acceptors (Lipinski definition) is 3. The smallest absolute Gasteiger partial charge is 0.330 e. The molecule has 3 heteroatoms. The van der Waals surface area contributed by atoms with Crippen molar-refractivity contribution in [2.75, 3.05) is 7.11 Å². The summed E-state index contributed by atoms with van der Waals surface area (Å²) in [5.74, 6) is -0.381. The SMILES string of the molecule is CCC(O)C/C=C/C(=O)OC. The standard InChI is InChI=1S/C8H14O3/c1-3-7(9)5-4-6-8(10)11-2/h4,6-7,9H,3,5H2,1-2H3/b6-4+. The van der Waals surface area contributed by atoms with E-state index < -0.39 is 0 Å². The Morgan fingerprint density at radius 2 is 2.36 bits per heavy atom. The zero-order valence-corrected chi connectivity index (χ0v) is 6.91. The van der Waals surface area contributed by atoms with E-state index in [1.54, 1.807) is 6.08 Å². The Balaban J connectivity index is 3.51. The van der Waals surface area contributed by atoms with Crippen molar-refractivity contribution in [1.82, 2.24) is 0 Å². The van der Waals surface area contributed by atoms with Gasteiger partial charge in [-0.1, -0.05) is 13.0 Å². The minimum atomic E-state index is -0.381. The molecule has 0 aromatic carbocycles. The van der Waals surface area contributed by atoms with Gasteiger partial charge in [-0.05, 0) is 12.8 Å². The molecular weight excluding hydrogens is 144 g/mol. The Morgan fingerprint density at radius 3 is 2.82 bits per heavy atom. The fourth-order valence-electron chi connectivity index (χ4n) is 0.556. The number of carbonyl (C=O) groups is 1. The summed E-state index contributed by atoms with van der Waals surface area (Å²) in [5.41, 5.74) is 0. The van der Waals surface area contributed by atoms with E-state index in [9.17, 15) is 4.79 Å². The monoisotopic (exact) mass is 158 g/mol. The maximum absolute atomic E-state index is 10.5. The van der Waals surface area contributed by atoms with Gasteiger partial charge in [-0.2, -0.15) is 0 Å².